The molecule has 0 radical (unpaired) electrons. The lowest BCUT2D eigenvalue weighted by atomic mass is 10.0. The molecule has 1 atom stereocenters. The molecule has 3 aliphatic rings. The van der Waals surface area contributed by atoms with Gasteiger partial charge in [0.15, 0.2) is 11.7 Å². The van der Waals surface area contributed by atoms with Crippen LogP contribution in [0.4, 0.5) is 0 Å². The molecule has 1 aromatic carbocycles. The molecule has 1 N–H and O–H groups in total. The number of piperidine rings is 1. The summed E-state index contributed by atoms with van der Waals surface area (Å²) in [5.41, 5.74) is 4.34. The summed E-state index contributed by atoms with van der Waals surface area (Å²) in [7, 11) is 1.76. The van der Waals surface area contributed by atoms with E-state index in [1.165, 1.54) is 16.2 Å². The number of ether oxygens (including phenoxy) is 2. The van der Waals surface area contributed by atoms with Gasteiger partial charge >= 0.3 is 0 Å². The summed E-state index contributed by atoms with van der Waals surface area (Å²) in [6, 6.07) is 8.90. The van der Waals surface area contributed by atoms with E-state index in [1.807, 2.05) is 16.7 Å². The van der Waals surface area contributed by atoms with Gasteiger partial charge in [-0.3, -0.25) is 9.69 Å². The lowest BCUT2D eigenvalue weighted by Crippen LogP contribution is -2.52. The number of thioether (sulfide) groups is 1. The van der Waals surface area contributed by atoms with E-state index in [-0.39, 0.29) is 5.91 Å². The highest BCUT2D eigenvalue weighted by atomic mass is 32.2. The third-order valence-corrected chi connectivity index (χ3v) is 7.64. The lowest BCUT2D eigenvalue weighted by molar-refractivity contribution is -0.766. The lowest BCUT2D eigenvalue weighted by Gasteiger charge is -2.29. The number of H-pyrrole nitrogens is 1. The Morgan fingerprint density at radius 2 is 2.13 bits per heavy atom. The quantitative estimate of drug-likeness (QED) is 0.719. The third kappa shape index (κ3) is 4.14. The molecule has 0 unspecified atom stereocenters. The zero-order valence-electron chi connectivity index (χ0n) is 18.1. The number of benzene rings is 1. The molecule has 7 nitrogen and oxygen atoms in total. The number of carbonyl (C=O) groups is 1. The zero-order chi connectivity index (χ0) is 21.2. The highest BCUT2D eigenvalue weighted by Gasteiger charge is 2.40. The Balaban J connectivity index is 1.53. The number of aromatic amines is 1. The van der Waals surface area contributed by atoms with Gasteiger partial charge in [0, 0.05) is 43.8 Å². The van der Waals surface area contributed by atoms with E-state index >= 15 is 0 Å². The maximum atomic E-state index is 13.5. The minimum Gasteiger partial charge on any atom is -0.383 e. The van der Waals surface area contributed by atoms with Gasteiger partial charge in [-0.1, -0.05) is 12.1 Å². The zero-order valence-corrected chi connectivity index (χ0v) is 19.0. The van der Waals surface area contributed by atoms with Crippen LogP contribution in [0.15, 0.2) is 29.2 Å². The van der Waals surface area contributed by atoms with Gasteiger partial charge in [0.2, 0.25) is 5.69 Å². The number of hydrogen-bond donors (Lipinski definition) is 1. The average Bonchev–Trinajstić information content (AvgIpc) is 3.23. The standard InChI is InChI=1S/C23H30N4O3S/c1-29-12-9-25-8-4-5-17(15-25)27-22-18-6-2-3-7-20(18)31-16-19(22)21(24-27)23(28)26-10-13-30-14-11-26/h2-3,6-7,17H,4-5,8-16H2,1H3/p+1/t17-/m1/s1. The van der Waals surface area contributed by atoms with E-state index in [4.69, 9.17) is 9.47 Å². The first-order valence-electron chi connectivity index (χ1n) is 11.2. The molecule has 1 aromatic heterocycles. The smallest absolute Gasteiger partial charge is 0.276 e. The highest BCUT2D eigenvalue weighted by Crippen LogP contribution is 2.41. The minimum absolute atomic E-state index is 0.102. The summed E-state index contributed by atoms with van der Waals surface area (Å²) in [5.74, 6) is 0.923. The maximum absolute atomic E-state index is 13.5. The molecule has 5 rings (SSSR count). The van der Waals surface area contributed by atoms with Gasteiger partial charge in [-0.15, -0.1) is 16.4 Å². The van der Waals surface area contributed by atoms with Gasteiger partial charge in [0.1, 0.15) is 0 Å². The molecule has 1 amide bonds. The summed E-state index contributed by atoms with van der Waals surface area (Å²) in [6.45, 7) is 6.32. The summed E-state index contributed by atoms with van der Waals surface area (Å²) >= 11 is 1.83. The number of aromatic nitrogens is 2. The predicted molar refractivity (Wildman–Crippen MR) is 119 cm³/mol. The Hall–Kier alpha value is -1.87. The topological polar surface area (TPSA) is 61.7 Å². The number of carbonyl (C=O) groups excluding carboxylic acids is 1. The Kier molecular flexibility index (Phi) is 6.31. The molecule has 2 fully saturated rings. The van der Waals surface area contributed by atoms with Crippen LogP contribution in [0.25, 0.3) is 11.3 Å². The van der Waals surface area contributed by atoms with Gasteiger partial charge in [-0.25, -0.2) is 0 Å². The van der Waals surface area contributed by atoms with E-state index in [0.29, 0.717) is 32.3 Å². The van der Waals surface area contributed by atoms with Crippen molar-refractivity contribution in [2.45, 2.75) is 29.5 Å². The van der Waals surface area contributed by atoms with Crippen LogP contribution < -0.4 is 4.68 Å². The second-order valence-electron chi connectivity index (χ2n) is 8.46. The third-order valence-electron chi connectivity index (χ3n) is 6.54. The first-order valence-corrected chi connectivity index (χ1v) is 12.2. The van der Waals surface area contributed by atoms with Gasteiger partial charge in [-0.2, -0.15) is 5.10 Å². The van der Waals surface area contributed by atoms with Crippen molar-refractivity contribution in [3.8, 4) is 11.3 Å². The van der Waals surface area contributed by atoms with Crippen LogP contribution in [-0.4, -0.2) is 80.5 Å². The molecule has 31 heavy (non-hydrogen) atoms. The van der Waals surface area contributed by atoms with Gasteiger partial charge in [0.05, 0.1) is 37.5 Å². The van der Waals surface area contributed by atoms with Crippen LogP contribution in [0.5, 0.6) is 0 Å². The largest absolute Gasteiger partial charge is 0.383 e. The van der Waals surface area contributed by atoms with Crippen molar-refractivity contribution in [2.75, 3.05) is 59.7 Å². The molecule has 0 aliphatic carbocycles. The van der Waals surface area contributed by atoms with Crippen molar-refractivity contribution in [1.29, 1.82) is 0 Å². The highest BCUT2D eigenvalue weighted by molar-refractivity contribution is 7.98. The van der Waals surface area contributed by atoms with E-state index in [9.17, 15) is 4.79 Å². The fraction of sp³-hybridized carbons (Fsp3) is 0.565. The molecule has 0 saturated carbocycles. The minimum atomic E-state index is 0.102. The van der Waals surface area contributed by atoms with Gasteiger partial charge in [0.25, 0.3) is 5.91 Å². The summed E-state index contributed by atoms with van der Waals surface area (Å²) in [5, 5.41) is 3.59. The van der Waals surface area contributed by atoms with Crippen LogP contribution in [0, 0.1) is 0 Å². The number of fused-ring (bicyclic) bond motifs is 3. The number of methoxy groups -OCH3 is 1. The monoisotopic (exact) mass is 443 g/mol. The van der Waals surface area contributed by atoms with Crippen LogP contribution >= 0.6 is 11.8 Å². The fourth-order valence-electron chi connectivity index (χ4n) is 4.92. The van der Waals surface area contributed by atoms with Crippen molar-refractivity contribution in [3.63, 3.8) is 0 Å². The van der Waals surface area contributed by atoms with Crippen molar-refractivity contribution in [3.05, 3.63) is 35.5 Å². The first-order chi connectivity index (χ1) is 15.3. The molecule has 2 aromatic rings. The second-order valence-corrected chi connectivity index (χ2v) is 9.48. The molecular formula is C23H31N4O3S+. The summed E-state index contributed by atoms with van der Waals surface area (Å²) in [6.07, 6.45) is 2.26. The summed E-state index contributed by atoms with van der Waals surface area (Å²) in [4.78, 5) is 19.2. The van der Waals surface area contributed by atoms with E-state index in [1.54, 1.807) is 7.11 Å². The number of nitrogens with zero attached hydrogens (tertiary/aromatic N) is 3. The Morgan fingerprint density at radius 1 is 1.29 bits per heavy atom. The molecular weight excluding hydrogens is 412 g/mol. The van der Waals surface area contributed by atoms with Crippen LogP contribution in [0.1, 0.15) is 34.9 Å². The van der Waals surface area contributed by atoms with Crippen molar-refractivity contribution in [2.24, 2.45) is 0 Å². The second kappa shape index (κ2) is 9.32. The Labute approximate surface area is 187 Å². The average molecular weight is 444 g/mol. The first kappa shape index (κ1) is 21.0. The molecule has 0 spiro atoms. The van der Waals surface area contributed by atoms with Crippen molar-refractivity contribution in [1.82, 2.24) is 14.9 Å². The normalized spacial score (nSPS) is 21.6. The molecule has 4 heterocycles. The molecule has 0 bridgehead atoms. The number of amides is 1. The van der Waals surface area contributed by atoms with Crippen molar-refractivity contribution >= 4 is 17.7 Å². The SMILES string of the molecule is COCCN1CCC[C@@H]([n+]2[nH]c(C(=O)N3CCOCC3)c3c2-c2ccccc2SC3)C1. The fourth-order valence-corrected chi connectivity index (χ4v) is 6.00. The number of rotatable bonds is 5. The van der Waals surface area contributed by atoms with Crippen molar-refractivity contribution < 1.29 is 19.0 Å². The molecule has 2 saturated heterocycles. The number of likely N-dealkylation sites (tertiary alicyclic amines) is 1. The number of hydrogen-bond acceptors (Lipinski definition) is 5. The number of morpholine rings is 1. The van der Waals surface area contributed by atoms with Crippen LogP contribution in [0.2, 0.25) is 0 Å². The Morgan fingerprint density at radius 3 is 2.97 bits per heavy atom. The molecule has 166 valence electrons. The van der Waals surface area contributed by atoms with E-state index in [0.717, 1.165) is 56.1 Å². The maximum Gasteiger partial charge on any atom is 0.276 e. The summed E-state index contributed by atoms with van der Waals surface area (Å²) < 4.78 is 13.1. The van der Waals surface area contributed by atoms with Gasteiger partial charge in [-0.05, 0) is 25.1 Å². The molecule has 8 heteroatoms. The van der Waals surface area contributed by atoms with E-state index in [2.05, 4.69) is 38.9 Å². The van der Waals surface area contributed by atoms with E-state index < -0.39 is 0 Å². The Bertz CT molecular complexity index is 941. The van der Waals surface area contributed by atoms with Crippen LogP contribution in [-0.2, 0) is 15.2 Å². The van der Waals surface area contributed by atoms with Crippen LogP contribution in [0.3, 0.4) is 0 Å². The molecule has 3 aliphatic heterocycles. The predicted octanol–water partition coefficient (Wildman–Crippen LogP) is 2.33. The number of nitrogens with one attached hydrogen (secondary N) is 1. The van der Waals surface area contributed by atoms with Gasteiger partial charge < -0.3 is 14.4 Å².